The van der Waals surface area contributed by atoms with Crippen LogP contribution in [0.3, 0.4) is 0 Å². The van der Waals surface area contributed by atoms with Gasteiger partial charge < -0.3 is 15.3 Å². The van der Waals surface area contributed by atoms with Gasteiger partial charge in [0.2, 0.25) is 0 Å². The number of Topliss-reactive ketones (excluding diaryl/α,β-unsaturated/α-hetero) is 1. The van der Waals surface area contributed by atoms with Gasteiger partial charge in [0, 0.05) is 55.9 Å². The lowest BCUT2D eigenvalue weighted by Gasteiger charge is -2.43. The van der Waals surface area contributed by atoms with Gasteiger partial charge in [-0.25, -0.2) is 4.39 Å². The zero-order valence-corrected chi connectivity index (χ0v) is 24.7. The Balaban J connectivity index is 1.30. The van der Waals surface area contributed by atoms with E-state index >= 15 is 0 Å². The van der Waals surface area contributed by atoms with E-state index in [1.165, 1.54) is 6.07 Å². The number of carbonyl (C=O) groups excluding carboxylic acids is 1. The van der Waals surface area contributed by atoms with Crippen molar-refractivity contribution in [3.8, 4) is 16.9 Å². The number of hydrogen-bond acceptors (Lipinski definition) is 6. The van der Waals surface area contributed by atoms with Gasteiger partial charge in [-0.15, -0.1) is 0 Å². The summed E-state index contributed by atoms with van der Waals surface area (Å²) < 4.78 is 14.2. The van der Waals surface area contributed by atoms with Crippen molar-refractivity contribution < 1.29 is 14.3 Å². The first-order chi connectivity index (χ1) is 19.0. The van der Waals surface area contributed by atoms with Crippen LogP contribution < -0.4 is 5.32 Å². The van der Waals surface area contributed by atoms with E-state index in [1.54, 1.807) is 19.2 Å². The molecule has 8 heteroatoms. The van der Waals surface area contributed by atoms with Crippen LogP contribution in [-0.2, 0) is 0 Å². The van der Waals surface area contributed by atoms with E-state index < -0.39 is 11.6 Å². The number of hydrogen-bond donors (Lipinski definition) is 2. The van der Waals surface area contributed by atoms with Crippen LogP contribution in [0.1, 0.15) is 63.7 Å². The van der Waals surface area contributed by atoms with Crippen molar-refractivity contribution in [2.45, 2.75) is 65.0 Å². The summed E-state index contributed by atoms with van der Waals surface area (Å²) in [4.78, 5) is 22.3. The number of halogens is 2. The molecule has 0 unspecified atom stereocenters. The second-order valence-corrected chi connectivity index (χ2v) is 12.9. The molecule has 2 aromatic carbocycles. The predicted octanol–water partition coefficient (Wildman–Crippen LogP) is 6.99. The molecule has 6 nitrogen and oxygen atoms in total. The molecule has 214 valence electrons. The van der Waals surface area contributed by atoms with Gasteiger partial charge in [0.15, 0.2) is 17.3 Å². The molecule has 3 aromatic rings. The molecule has 1 aliphatic carbocycles. The summed E-state index contributed by atoms with van der Waals surface area (Å²) in [5.74, 6) is -0.688. The van der Waals surface area contributed by atoms with Gasteiger partial charge in [-0.2, -0.15) is 0 Å². The Labute approximate surface area is 241 Å². The number of benzene rings is 2. The number of piperazine rings is 1. The Bertz CT molecular complexity index is 1370. The average molecular weight is 567 g/mol. The highest BCUT2D eigenvalue weighted by atomic mass is 35.5. The number of nitrogens with zero attached hydrogens (tertiary/aromatic N) is 3. The van der Waals surface area contributed by atoms with Crippen molar-refractivity contribution in [1.29, 1.82) is 0 Å². The third kappa shape index (κ3) is 6.27. The molecular formula is C32H40ClFN4O2. The molecule has 2 aliphatic rings. The molecule has 0 spiro atoms. The molecule has 2 N–H and O–H groups in total. The van der Waals surface area contributed by atoms with Crippen molar-refractivity contribution >= 4 is 34.0 Å². The zero-order valence-electron chi connectivity index (χ0n) is 23.9. The summed E-state index contributed by atoms with van der Waals surface area (Å²) in [5, 5.41) is 14.2. The highest BCUT2D eigenvalue weighted by Gasteiger charge is 2.29. The highest BCUT2D eigenvalue weighted by molar-refractivity contribution is 6.32. The number of nitrogens with one attached hydrogen (secondary N) is 1. The molecule has 2 heterocycles. The molecule has 0 atom stereocenters. The Morgan fingerprint density at radius 2 is 1.77 bits per heavy atom. The summed E-state index contributed by atoms with van der Waals surface area (Å²) in [5.41, 5.74) is 3.61. The number of ketones is 1. The van der Waals surface area contributed by atoms with E-state index in [0.717, 1.165) is 80.6 Å². The number of pyridine rings is 1. The first-order valence-electron chi connectivity index (χ1n) is 14.4. The molecule has 0 bridgehead atoms. The van der Waals surface area contributed by atoms with Gasteiger partial charge in [0.25, 0.3) is 0 Å². The van der Waals surface area contributed by atoms with E-state index in [4.69, 9.17) is 11.6 Å². The number of phenolic OH excluding ortho intramolecular Hbond substituents is 1. The van der Waals surface area contributed by atoms with Crippen molar-refractivity contribution in [2.75, 3.05) is 38.0 Å². The largest absolute Gasteiger partial charge is 0.504 e. The van der Waals surface area contributed by atoms with Gasteiger partial charge in [-0.1, -0.05) is 17.7 Å². The van der Waals surface area contributed by atoms with E-state index in [0.29, 0.717) is 17.0 Å². The number of aromatic nitrogens is 1. The summed E-state index contributed by atoms with van der Waals surface area (Å²) in [6.07, 6.45) is 6.06. The van der Waals surface area contributed by atoms with Crippen molar-refractivity contribution in [2.24, 2.45) is 5.92 Å². The van der Waals surface area contributed by atoms with Crippen molar-refractivity contribution in [3.63, 3.8) is 0 Å². The lowest BCUT2D eigenvalue weighted by Crippen LogP contribution is -2.54. The molecule has 1 aromatic heterocycles. The average Bonchev–Trinajstić information content (AvgIpc) is 2.92. The van der Waals surface area contributed by atoms with Crippen LogP contribution >= 0.6 is 11.6 Å². The number of aromatic hydroxyl groups is 1. The standard InChI is InChI=1S/C32H40ClFN4O2/c1-20(39)26-18-35-29-10-7-22(23-16-27(33)31(40)28(34)17-23)15-25(29)30(26)36-24-8-5-21(6-9-24)19-37-11-13-38(14-12-37)32(2,3)4/h7,10,15-18,21,24,40H,5-6,8-9,11-14,19H2,1-4H3,(H,35,36). The normalized spacial score (nSPS) is 21.1. The smallest absolute Gasteiger partial charge is 0.170 e. The predicted molar refractivity (Wildman–Crippen MR) is 161 cm³/mol. The lowest BCUT2D eigenvalue weighted by atomic mass is 9.85. The Hall–Kier alpha value is -2.74. The molecule has 2 fully saturated rings. The minimum Gasteiger partial charge on any atom is -0.504 e. The number of carbonyl (C=O) groups is 1. The van der Waals surface area contributed by atoms with Gasteiger partial charge in [-0.3, -0.25) is 14.7 Å². The minimum atomic E-state index is -0.774. The first-order valence-corrected chi connectivity index (χ1v) is 14.7. The minimum absolute atomic E-state index is 0.0445. The van der Waals surface area contributed by atoms with Crippen LogP contribution in [0.5, 0.6) is 5.75 Å². The maximum absolute atomic E-state index is 14.2. The topological polar surface area (TPSA) is 68.7 Å². The van der Waals surface area contributed by atoms with E-state index in [2.05, 4.69) is 40.9 Å². The third-order valence-corrected chi connectivity index (χ3v) is 8.92. The Morgan fingerprint density at radius 3 is 2.40 bits per heavy atom. The van der Waals surface area contributed by atoms with E-state index in [1.807, 2.05) is 18.2 Å². The number of phenols is 1. The summed E-state index contributed by atoms with van der Waals surface area (Å²) in [7, 11) is 0. The Kier molecular flexibility index (Phi) is 8.37. The SMILES string of the molecule is CC(=O)c1cnc2ccc(-c3cc(F)c(O)c(Cl)c3)cc2c1NC1CCC(CN2CCN(C(C)(C)C)CC2)CC1. The first kappa shape index (κ1) is 28.8. The van der Waals surface area contributed by atoms with Crippen LogP contribution in [0.2, 0.25) is 5.02 Å². The fraction of sp³-hybridized carbons (Fsp3) is 0.500. The second-order valence-electron chi connectivity index (χ2n) is 12.4. The number of fused-ring (bicyclic) bond motifs is 1. The van der Waals surface area contributed by atoms with Gasteiger partial charge >= 0.3 is 0 Å². The van der Waals surface area contributed by atoms with Gasteiger partial charge in [0.05, 0.1) is 21.8 Å². The third-order valence-electron chi connectivity index (χ3n) is 8.63. The maximum atomic E-state index is 14.2. The van der Waals surface area contributed by atoms with Crippen LogP contribution in [0, 0.1) is 11.7 Å². The number of anilines is 1. The van der Waals surface area contributed by atoms with Crippen LogP contribution in [0.25, 0.3) is 22.0 Å². The molecule has 0 radical (unpaired) electrons. The van der Waals surface area contributed by atoms with Crippen LogP contribution in [0.4, 0.5) is 10.1 Å². The molecule has 1 saturated heterocycles. The fourth-order valence-corrected chi connectivity index (χ4v) is 6.39. The Morgan fingerprint density at radius 1 is 1.07 bits per heavy atom. The zero-order chi connectivity index (χ0) is 28.6. The quantitative estimate of drug-likeness (QED) is 0.313. The molecule has 5 rings (SSSR count). The van der Waals surface area contributed by atoms with Crippen LogP contribution in [0.15, 0.2) is 36.5 Å². The summed E-state index contributed by atoms with van der Waals surface area (Å²) in [6.45, 7) is 14.2. The van der Waals surface area contributed by atoms with Gasteiger partial charge in [0.1, 0.15) is 0 Å². The van der Waals surface area contributed by atoms with Crippen molar-refractivity contribution in [1.82, 2.24) is 14.8 Å². The second kappa shape index (κ2) is 11.6. The van der Waals surface area contributed by atoms with E-state index in [-0.39, 0.29) is 22.4 Å². The highest BCUT2D eigenvalue weighted by Crippen LogP contribution is 2.37. The van der Waals surface area contributed by atoms with E-state index in [9.17, 15) is 14.3 Å². The van der Waals surface area contributed by atoms with Gasteiger partial charge in [-0.05, 0) is 94.7 Å². The molecule has 1 saturated carbocycles. The molecular weight excluding hydrogens is 527 g/mol. The summed E-state index contributed by atoms with van der Waals surface area (Å²) in [6, 6.07) is 8.71. The monoisotopic (exact) mass is 566 g/mol. The lowest BCUT2D eigenvalue weighted by molar-refractivity contribution is 0.0519. The molecule has 1 aliphatic heterocycles. The summed E-state index contributed by atoms with van der Waals surface area (Å²) >= 11 is 6.05. The number of rotatable bonds is 6. The fourth-order valence-electron chi connectivity index (χ4n) is 6.19. The van der Waals surface area contributed by atoms with Crippen LogP contribution in [-0.4, -0.2) is 70.0 Å². The molecule has 0 amide bonds. The molecule has 40 heavy (non-hydrogen) atoms. The van der Waals surface area contributed by atoms with Crippen molar-refractivity contribution in [3.05, 3.63) is 52.9 Å². The maximum Gasteiger partial charge on any atom is 0.170 e.